The van der Waals surface area contributed by atoms with Gasteiger partial charge in [0, 0.05) is 16.6 Å². The summed E-state index contributed by atoms with van der Waals surface area (Å²) in [4.78, 5) is 25.2. The van der Waals surface area contributed by atoms with E-state index in [-0.39, 0.29) is 40.7 Å². The molecule has 0 N–H and O–H groups in total. The van der Waals surface area contributed by atoms with Gasteiger partial charge in [-0.05, 0) is 49.5 Å². The van der Waals surface area contributed by atoms with Crippen LogP contribution in [0, 0.1) is 22.7 Å². The summed E-state index contributed by atoms with van der Waals surface area (Å²) in [6.07, 6.45) is 9.17. The number of allylic oxidation sites excluding steroid dienone is 1. The summed E-state index contributed by atoms with van der Waals surface area (Å²) >= 11 is 0. The van der Waals surface area contributed by atoms with Crippen molar-refractivity contribution in [1.29, 1.82) is 0 Å². The molecule has 0 spiro atoms. The maximum atomic E-state index is 12.8. The fourth-order valence-corrected chi connectivity index (χ4v) is 5.92. The Balaban J connectivity index is 1.73. The molecular formula is C21H26O5. The number of hydrogen-bond acceptors (Lipinski definition) is 5. The fourth-order valence-electron chi connectivity index (χ4n) is 5.92. The van der Waals surface area contributed by atoms with Crippen LogP contribution >= 0.6 is 0 Å². The van der Waals surface area contributed by atoms with E-state index in [2.05, 4.69) is 13.8 Å². The van der Waals surface area contributed by atoms with Crippen molar-refractivity contribution in [2.24, 2.45) is 22.7 Å². The van der Waals surface area contributed by atoms with Gasteiger partial charge in [-0.25, -0.2) is 4.79 Å². The molecule has 26 heavy (non-hydrogen) atoms. The second kappa shape index (κ2) is 6.00. The maximum absolute atomic E-state index is 12.8. The van der Waals surface area contributed by atoms with Gasteiger partial charge < -0.3 is 13.9 Å². The Morgan fingerprint density at radius 2 is 2.12 bits per heavy atom. The molecule has 140 valence electrons. The van der Waals surface area contributed by atoms with Crippen molar-refractivity contribution in [3.8, 4) is 0 Å². The van der Waals surface area contributed by atoms with Crippen molar-refractivity contribution in [3.63, 3.8) is 0 Å². The topological polar surface area (TPSA) is 65.7 Å². The van der Waals surface area contributed by atoms with Gasteiger partial charge in [0.15, 0.2) is 0 Å². The van der Waals surface area contributed by atoms with E-state index in [9.17, 15) is 9.59 Å². The molecule has 1 aliphatic heterocycles. The van der Waals surface area contributed by atoms with Crippen LogP contribution in [0.4, 0.5) is 0 Å². The molecule has 1 aromatic rings. The number of methoxy groups -OCH3 is 1. The summed E-state index contributed by atoms with van der Waals surface area (Å²) in [6, 6.07) is 1.87. The summed E-state index contributed by atoms with van der Waals surface area (Å²) < 4.78 is 16.0. The van der Waals surface area contributed by atoms with Crippen LogP contribution in [0.2, 0.25) is 0 Å². The largest absolute Gasteiger partial charge is 0.472 e. The molecule has 0 bridgehead atoms. The van der Waals surface area contributed by atoms with Gasteiger partial charge >= 0.3 is 11.9 Å². The molecular weight excluding hydrogens is 332 g/mol. The number of carbonyl (C=O) groups excluding carboxylic acids is 2. The molecule has 1 saturated heterocycles. The first-order valence-electron chi connectivity index (χ1n) is 9.41. The zero-order valence-electron chi connectivity index (χ0n) is 15.6. The van der Waals surface area contributed by atoms with Crippen LogP contribution in [0.3, 0.4) is 0 Å². The number of cyclic esters (lactones) is 1. The maximum Gasteiger partial charge on any atom is 0.333 e. The molecule has 4 rings (SSSR count). The van der Waals surface area contributed by atoms with Gasteiger partial charge in [-0.2, -0.15) is 0 Å². The molecule has 0 unspecified atom stereocenters. The number of esters is 2. The Hall–Kier alpha value is -2.04. The fraction of sp³-hybridized carbons (Fsp3) is 0.619. The molecule has 1 saturated carbocycles. The molecule has 5 atom stereocenters. The predicted molar refractivity (Wildman–Crippen MR) is 93.9 cm³/mol. The van der Waals surface area contributed by atoms with Crippen LogP contribution < -0.4 is 0 Å². The first-order valence-corrected chi connectivity index (χ1v) is 9.41. The highest BCUT2D eigenvalue weighted by Crippen LogP contribution is 2.64. The smallest absolute Gasteiger partial charge is 0.333 e. The highest BCUT2D eigenvalue weighted by atomic mass is 16.5. The van der Waals surface area contributed by atoms with Crippen molar-refractivity contribution < 1.29 is 23.5 Å². The molecule has 0 aromatic carbocycles. The minimum atomic E-state index is -0.280. The van der Waals surface area contributed by atoms with Gasteiger partial charge in [-0.1, -0.05) is 19.9 Å². The molecule has 2 fully saturated rings. The lowest BCUT2D eigenvalue weighted by atomic mass is 9.45. The lowest BCUT2D eigenvalue weighted by molar-refractivity contribution is -0.191. The third kappa shape index (κ3) is 2.36. The van der Waals surface area contributed by atoms with Crippen molar-refractivity contribution >= 4 is 11.9 Å². The average molecular weight is 358 g/mol. The third-order valence-corrected chi connectivity index (χ3v) is 7.22. The first-order chi connectivity index (χ1) is 12.4. The summed E-state index contributed by atoms with van der Waals surface area (Å²) in [6.45, 7) is 4.39. The van der Waals surface area contributed by atoms with Gasteiger partial charge in [0.1, 0.15) is 6.10 Å². The average Bonchev–Trinajstić information content (AvgIpc) is 3.14. The monoisotopic (exact) mass is 358 g/mol. The third-order valence-electron chi connectivity index (χ3n) is 7.22. The number of ether oxygens (including phenoxy) is 2. The van der Waals surface area contributed by atoms with Crippen LogP contribution in [0.25, 0.3) is 0 Å². The molecule has 2 aliphatic carbocycles. The summed E-state index contributed by atoms with van der Waals surface area (Å²) in [5.41, 5.74) is 1.23. The van der Waals surface area contributed by atoms with Gasteiger partial charge in [0.05, 0.1) is 25.6 Å². The molecule has 0 amide bonds. The molecule has 0 radical (unpaired) electrons. The van der Waals surface area contributed by atoms with Crippen LogP contribution in [0.1, 0.15) is 57.6 Å². The van der Waals surface area contributed by atoms with Gasteiger partial charge in [0.2, 0.25) is 0 Å². The van der Waals surface area contributed by atoms with Crippen LogP contribution in [-0.4, -0.2) is 19.0 Å². The van der Waals surface area contributed by atoms with E-state index in [1.54, 1.807) is 12.5 Å². The van der Waals surface area contributed by atoms with Crippen molar-refractivity contribution in [3.05, 3.63) is 35.8 Å². The van der Waals surface area contributed by atoms with E-state index in [1.165, 1.54) is 7.11 Å². The quantitative estimate of drug-likeness (QED) is 0.741. The first kappa shape index (κ1) is 17.4. The minimum Gasteiger partial charge on any atom is -0.472 e. The number of fused-ring (bicyclic) bond motifs is 3. The van der Waals surface area contributed by atoms with Crippen LogP contribution in [0.15, 0.2) is 34.7 Å². The Kier molecular flexibility index (Phi) is 4.01. The highest BCUT2D eigenvalue weighted by molar-refractivity contribution is 5.90. The Morgan fingerprint density at radius 1 is 1.31 bits per heavy atom. The Bertz CT molecular complexity index is 748. The van der Waals surface area contributed by atoms with Crippen molar-refractivity contribution in [2.45, 2.75) is 52.1 Å². The summed E-state index contributed by atoms with van der Waals surface area (Å²) in [5.74, 6) is -0.207. The minimum absolute atomic E-state index is 0.110. The highest BCUT2D eigenvalue weighted by Gasteiger charge is 2.61. The second-order valence-corrected chi connectivity index (χ2v) is 8.44. The zero-order valence-corrected chi connectivity index (χ0v) is 15.6. The standard InChI is InChI=1S/C21H26O5/c1-20-9-7-15-19(23)26-16(13-8-10-25-12-13)11-21(15,2)17(20)6-4-5-14(20)18(22)24-3/h5,8,10,12,15-17H,4,6-7,9,11H2,1-3H3/t15-,16+,17-,20+,21-/m1/s1. The summed E-state index contributed by atoms with van der Waals surface area (Å²) in [5, 5.41) is 0. The SMILES string of the molecule is COC(=O)C1=CCC[C@H]2[C@]3(C)C[C@@H](c4ccoc4)OC(=O)[C@H]3CC[C@@]12C. The van der Waals surface area contributed by atoms with E-state index < -0.39 is 0 Å². The van der Waals surface area contributed by atoms with E-state index in [4.69, 9.17) is 13.9 Å². The van der Waals surface area contributed by atoms with Gasteiger partial charge in [0.25, 0.3) is 0 Å². The van der Waals surface area contributed by atoms with E-state index in [0.29, 0.717) is 0 Å². The van der Waals surface area contributed by atoms with Gasteiger partial charge in [-0.3, -0.25) is 4.79 Å². The van der Waals surface area contributed by atoms with Crippen LogP contribution in [0.5, 0.6) is 0 Å². The lowest BCUT2D eigenvalue weighted by Crippen LogP contribution is -2.56. The number of carbonyl (C=O) groups is 2. The number of furan rings is 1. The Morgan fingerprint density at radius 3 is 2.81 bits per heavy atom. The van der Waals surface area contributed by atoms with E-state index in [1.807, 2.05) is 12.1 Å². The van der Waals surface area contributed by atoms with Crippen molar-refractivity contribution in [1.82, 2.24) is 0 Å². The normalized spacial score (nSPS) is 39.3. The molecule has 2 heterocycles. The van der Waals surface area contributed by atoms with E-state index in [0.717, 1.165) is 43.2 Å². The zero-order chi connectivity index (χ0) is 18.5. The van der Waals surface area contributed by atoms with Gasteiger partial charge in [-0.15, -0.1) is 0 Å². The predicted octanol–water partition coefficient (Wildman–Crippen LogP) is 4.20. The summed E-state index contributed by atoms with van der Waals surface area (Å²) in [7, 11) is 1.44. The Labute approximate surface area is 153 Å². The second-order valence-electron chi connectivity index (χ2n) is 8.44. The van der Waals surface area contributed by atoms with Crippen LogP contribution in [-0.2, 0) is 19.1 Å². The molecule has 3 aliphatic rings. The van der Waals surface area contributed by atoms with Crippen molar-refractivity contribution in [2.75, 3.05) is 7.11 Å². The molecule has 5 heteroatoms. The van der Waals surface area contributed by atoms with E-state index >= 15 is 0 Å². The number of hydrogen-bond donors (Lipinski definition) is 0. The molecule has 1 aromatic heterocycles. The lowest BCUT2D eigenvalue weighted by Gasteiger charge is -2.59. The number of rotatable bonds is 2. The molecule has 5 nitrogen and oxygen atoms in total.